The minimum atomic E-state index is -4.71. The van der Waals surface area contributed by atoms with E-state index in [0.717, 1.165) is 0 Å². The molecule has 0 amide bonds. The van der Waals surface area contributed by atoms with E-state index in [2.05, 4.69) is 0 Å². The van der Waals surface area contributed by atoms with Gasteiger partial charge >= 0.3 is 0 Å². The third kappa shape index (κ3) is 1.65. The Morgan fingerprint density at radius 1 is 1.00 bits per heavy atom. The highest BCUT2D eigenvalue weighted by atomic mass is 32.2. The average molecular weight is 255 g/mol. The highest BCUT2D eigenvalue weighted by Gasteiger charge is 2.25. The summed E-state index contributed by atoms with van der Waals surface area (Å²) < 4.78 is 31.1. The van der Waals surface area contributed by atoms with Gasteiger partial charge in [0.1, 0.15) is 11.5 Å². The van der Waals surface area contributed by atoms with Crippen LogP contribution < -0.4 is 5.73 Å². The number of fused-ring (bicyclic) bond motifs is 1. The Labute approximate surface area is 96.7 Å². The number of anilines is 1. The number of hydrogen-bond donors (Lipinski definition) is 4. The van der Waals surface area contributed by atoms with Crippen molar-refractivity contribution in [2.45, 2.75) is 4.90 Å². The van der Waals surface area contributed by atoms with Gasteiger partial charge in [-0.1, -0.05) is 24.3 Å². The van der Waals surface area contributed by atoms with Crippen molar-refractivity contribution in [3.8, 4) is 11.5 Å². The highest BCUT2D eigenvalue weighted by molar-refractivity contribution is 7.86. The fourth-order valence-corrected chi connectivity index (χ4v) is 2.39. The zero-order valence-electron chi connectivity index (χ0n) is 8.45. The molecule has 0 aliphatic heterocycles. The molecule has 90 valence electrons. The smallest absolute Gasteiger partial charge is 0.300 e. The van der Waals surface area contributed by atoms with Crippen molar-refractivity contribution in [3.05, 3.63) is 24.3 Å². The van der Waals surface area contributed by atoms with Gasteiger partial charge in [-0.3, -0.25) is 4.55 Å². The van der Waals surface area contributed by atoms with E-state index < -0.39 is 32.2 Å². The Bertz CT molecular complexity index is 708. The molecule has 17 heavy (non-hydrogen) atoms. The second-order valence-corrected chi connectivity index (χ2v) is 4.82. The Hall–Kier alpha value is -1.99. The van der Waals surface area contributed by atoms with Crippen LogP contribution in [0.25, 0.3) is 10.8 Å². The normalized spacial score (nSPS) is 11.8. The number of hydrogen-bond acceptors (Lipinski definition) is 5. The molecule has 2 aromatic rings. The van der Waals surface area contributed by atoms with Crippen LogP contribution in [-0.2, 0) is 10.1 Å². The molecule has 0 atom stereocenters. The van der Waals surface area contributed by atoms with Gasteiger partial charge in [-0.05, 0) is 0 Å². The van der Waals surface area contributed by atoms with Gasteiger partial charge in [-0.2, -0.15) is 8.42 Å². The van der Waals surface area contributed by atoms with E-state index in [4.69, 9.17) is 10.3 Å². The number of phenols is 2. The molecule has 0 aliphatic rings. The molecule has 7 heteroatoms. The second-order valence-electron chi connectivity index (χ2n) is 3.46. The standard InChI is InChI=1S/C10H9NO5S/c11-7-8(12)5-3-1-2-4-6(5)9(13)10(7)17(14,15)16/h1-4,12-13H,11H2,(H,14,15,16). The molecule has 0 saturated heterocycles. The van der Waals surface area contributed by atoms with Crippen LogP contribution in [0.5, 0.6) is 11.5 Å². The van der Waals surface area contributed by atoms with E-state index in [9.17, 15) is 18.6 Å². The Balaban J connectivity index is 3.08. The van der Waals surface area contributed by atoms with Gasteiger partial charge in [0.2, 0.25) is 0 Å². The Morgan fingerprint density at radius 2 is 1.47 bits per heavy atom. The molecule has 0 saturated carbocycles. The van der Waals surface area contributed by atoms with Crippen molar-refractivity contribution in [1.82, 2.24) is 0 Å². The lowest BCUT2D eigenvalue weighted by molar-refractivity contribution is 0.442. The third-order valence-corrected chi connectivity index (χ3v) is 3.34. The van der Waals surface area contributed by atoms with Gasteiger partial charge in [0.05, 0.1) is 5.69 Å². The molecular weight excluding hydrogens is 246 g/mol. The van der Waals surface area contributed by atoms with Crippen molar-refractivity contribution in [1.29, 1.82) is 0 Å². The Morgan fingerprint density at radius 3 is 1.94 bits per heavy atom. The fraction of sp³-hybridized carbons (Fsp3) is 0. The molecule has 0 bridgehead atoms. The number of aromatic hydroxyl groups is 2. The summed E-state index contributed by atoms with van der Waals surface area (Å²) in [6.07, 6.45) is 0. The maximum Gasteiger partial charge on any atom is 0.300 e. The monoisotopic (exact) mass is 255 g/mol. The predicted octanol–water partition coefficient (Wildman–Crippen LogP) is 1.08. The second kappa shape index (κ2) is 3.51. The molecule has 0 spiro atoms. The lowest BCUT2D eigenvalue weighted by atomic mass is 10.1. The van der Waals surface area contributed by atoms with Gasteiger partial charge in [0.25, 0.3) is 10.1 Å². The molecule has 0 aromatic heterocycles. The first-order valence-corrected chi connectivity index (χ1v) is 5.97. The largest absolute Gasteiger partial charge is 0.506 e. The molecule has 2 aromatic carbocycles. The van der Waals surface area contributed by atoms with E-state index in [-0.39, 0.29) is 10.8 Å². The molecular formula is C10H9NO5S. The van der Waals surface area contributed by atoms with E-state index >= 15 is 0 Å². The summed E-state index contributed by atoms with van der Waals surface area (Å²) in [6, 6.07) is 6.01. The van der Waals surface area contributed by atoms with Crippen molar-refractivity contribution in [2.75, 3.05) is 5.73 Å². The number of phenolic OH excluding ortho intramolecular Hbond substituents is 2. The van der Waals surface area contributed by atoms with E-state index in [0.29, 0.717) is 0 Å². The summed E-state index contributed by atoms with van der Waals surface area (Å²) in [5.41, 5.74) is 4.81. The predicted molar refractivity (Wildman–Crippen MR) is 61.5 cm³/mol. The summed E-state index contributed by atoms with van der Waals surface area (Å²) in [5, 5.41) is 19.8. The SMILES string of the molecule is Nc1c(S(=O)(=O)O)c(O)c2ccccc2c1O. The maximum atomic E-state index is 11.1. The summed E-state index contributed by atoms with van der Waals surface area (Å²) in [5.74, 6) is -1.18. The van der Waals surface area contributed by atoms with E-state index in [1.54, 1.807) is 12.1 Å². The molecule has 6 nitrogen and oxygen atoms in total. The minimum absolute atomic E-state index is 0.0897. The van der Waals surface area contributed by atoms with Crippen molar-refractivity contribution in [2.24, 2.45) is 0 Å². The van der Waals surface area contributed by atoms with Gasteiger partial charge in [-0.15, -0.1) is 0 Å². The first kappa shape index (κ1) is 11.5. The zero-order valence-corrected chi connectivity index (χ0v) is 9.27. The number of nitrogens with two attached hydrogens (primary N) is 1. The van der Waals surface area contributed by atoms with Gasteiger partial charge in [0.15, 0.2) is 4.90 Å². The molecule has 0 fully saturated rings. The zero-order chi connectivity index (χ0) is 12.8. The lowest BCUT2D eigenvalue weighted by Crippen LogP contribution is -2.04. The molecule has 0 unspecified atom stereocenters. The van der Waals surface area contributed by atoms with Crippen molar-refractivity contribution in [3.63, 3.8) is 0 Å². The van der Waals surface area contributed by atoms with Crippen LogP contribution >= 0.6 is 0 Å². The minimum Gasteiger partial charge on any atom is -0.506 e. The molecule has 0 radical (unpaired) electrons. The number of nitrogen functional groups attached to an aromatic ring is 1. The highest BCUT2D eigenvalue weighted by Crippen LogP contribution is 2.43. The number of benzene rings is 2. The van der Waals surface area contributed by atoms with Crippen molar-refractivity contribution < 1.29 is 23.2 Å². The van der Waals surface area contributed by atoms with Crippen LogP contribution in [-0.4, -0.2) is 23.2 Å². The van der Waals surface area contributed by atoms with E-state index in [1.807, 2.05) is 0 Å². The van der Waals surface area contributed by atoms with Crippen molar-refractivity contribution >= 4 is 26.6 Å². The average Bonchev–Trinajstić information content (AvgIpc) is 2.24. The maximum absolute atomic E-state index is 11.1. The van der Waals surface area contributed by atoms with Crippen LogP contribution in [0.1, 0.15) is 0 Å². The summed E-state index contributed by atoms with van der Waals surface area (Å²) in [7, 11) is -4.71. The van der Waals surface area contributed by atoms with Crippen LogP contribution in [0.3, 0.4) is 0 Å². The number of rotatable bonds is 1. The molecule has 0 aliphatic carbocycles. The summed E-state index contributed by atoms with van der Waals surface area (Å²) >= 11 is 0. The summed E-state index contributed by atoms with van der Waals surface area (Å²) in [6.45, 7) is 0. The topological polar surface area (TPSA) is 121 Å². The quantitative estimate of drug-likeness (QED) is 0.262. The first-order chi connectivity index (χ1) is 7.84. The molecule has 2 rings (SSSR count). The third-order valence-electron chi connectivity index (χ3n) is 2.41. The summed E-state index contributed by atoms with van der Waals surface area (Å²) in [4.78, 5) is -0.881. The fourth-order valence-electron chi connectivity index (χ4n) is 1.66. The van der Waals surface area contributed by atoms with Gasteiger partial charge in [0, 0.05) is 10.8 Å². The van der Waals surface area contributed by atoms with Crippen LogP contribution in [0.4, 0.5) is 5.69 Å². The van der Waals surface area contributed by atoms with Gasteiger partial charge in [-0.25, -0.2) is 0 Å². The van der Waals surface area contributed by atoms with E-state index in [1.165, 1.54) is 12.1 Å². The Kier molecular flexibility index (Phi) is 2.37. The van der Waals surface area contributed by atoms with Crippen LogP contribution in [0, 0.1) is 0 Å². The van der Waals surface area contributed by atoms with Gasteiger partial charge < -0.3 is 15.9 Å². The van der Waals surface area contributed by atoms with Crippen LogP contribution in [0.2, 0.25) is 0 Å². The van der Waals surface area contributed by atoms with Crippen LogP contribution in [0.15, 0.2) is 29.2 Å². The molecule has 5 N–H and O–H groups in total. The molecule has 0 heterocycles. The first-order valence-electron chi connectivity index (χ1n) is 4.53. The lowest BCUT2D eigenvalue weighted by Gasteiger charge is -2.11.